The monoisotopic (exact) mass is 338 g/mol. The van der Waals surface area contributed by atoms with Gasteiger partial charge in [0, 0.05) is 12.8 Å². The highest BCUT2D eigenvalue weighted by atomic mass is 32.2. The van der Waals surface area contributed by atoms with Gasteiger partial charge in [-0.05, 0) is 24.6 Å². The van der Waals surface area contributed by atoms with E-state index in [1.165, 1.54) is 19.1 Å². The smallest absolute Gasteiger partial charge is 0.337 e. The van der Waals surface area contributed by atoms with Gasteiger partial charge in [-0.25, -0.2) is 13.2 Å². The minimum absolute atomic E-state index is 0.0695. The van der Waals surface area contributed by atoms with Gasteiger partial charge in [-0.1, -0.05) is 12.1 Å². The number of nitrogens with one attached hydrogen (secondary N) is 2. The number of sulfone groups is 1. The lowest BCUT2D eigenvalue weighted by atomic mass is 10.1. The van der Waals surface area contributed by atoms with Gasteiger partial charge in [0.15, 0.2) is 0 Å². The third-order valence-electron chi connectivity index (χ3n) is 2.82. The predicted molar refractivity (Wildman–Crippen MR) is 76.1 cm³/mol. The first-order chi connectivity index (χ1) is 9.99. The van der Waals surface area contributed by atoms with E-state index in [1.54, 1.807) is 0 Å². The molecule has 0 aliphatic carbocycles. The number of carbonyl (C=O) groups excluding carboxylic acids is 1. The summed E-state index contributed by atoms with van der Waals surface area (Å²) in [6, 6.07) is 3.34. The Kier molecular flexibility index (Phi) is 5.81. The van der Waals surface area contributed by atoms with Crippen molar-refractivity contribution in [2.45, 2.75) is 19.1 Å². The van der Waals surface area contributed by atoms with E-state index in [4.69, 9.17) is 0 Å². The minimum Gasteiger partial charge on any atom is -0.337 e. The Morgan fingerprint density at radius 2 is 1.95 bits per heavy atom. The maximum atomic E-state index is 12.6. The van der Waals surface area contributed by atoms with E-state index in [9.17, 15) is 26.4 Å². The Hall–Kier alpha value is -1.77. The number of amides is 2. The number of rotatable bonds is 5. The Morgan fingerprint density at radius 3 is 2.50 bits per heavy atom. The van der Waals surface area contributed by atoms with Crippen LogP contribution >= 0.6 is 0 Å². The van der Waals surface area contributed by atoms with Gasteiger partial charge in [0.25, 0.3) is 0 Å². The van der Waals surface area contributed by atoms with Crippen molar-refractivity contribution in [2.24, 2.45) is 0 Å². The van der Waals surface area contributed by atoms with Crippen LogP contribution in [0.3, 0.4) is 0 Å². The molecule has 1 unspecified atom stereocenters. The zero-order valence-corrected chi connectivity index (χ0v) is 12.9. The molecule has 0 saturated heterocycles. The zero-order valence-electron chi connectivity index (χ0n) is 12.1. The molecule has 0 heterocycles. The van der Waals surface area contributed by atoms with Crippen molar-refractivity contribution in [1.82, 2.24) is 10.6 Å². The van der Waals surface area contributed by atoms with Gasteiger partial charge in [0.1, 0.15) is 9.84 Å². The Balaban J connectivity index is 2.62. The number of carbonyl (C=O) groups is 1. The topological polar surface area (TPSA) is 75.3 Å². The standard InChI is InChI=1S/C13H17F3N2O3S/c1-9(18-12(19)17-6-7-22(2,20)21)10-4-3-5-11(8-10)13(14,15)16/h3-5,8-9H,6-7H2,1-2H3,(H2,17,18,19). The van der Waals surface area contributed by atoms with E-state index >= 15 is 0 Å². The molecule has 22 heavy (non-hydrogen) atoms. The van der Waals surface area contributed by atoms with Gasteiger partial charge in [0.2, 0.25) is 0 Å². The second kappa shape index (κ2) is 6.99. The van der Waals surface area contributed by atoms with Crippen LogP contribution in [0.4, 0.5) is 18.0 Å². The van der Waals surface area contributed by atoms with Crippen molar-refractivity contribution in [3.8, 4) is 0 Å². The molecule has 9 heteroatoms. The largest absolute Gasteiger partial charge is 0.416 e. The predicted octanol–water partition coefficient (Wildman–Crippen LogP) is 2.11. The molecule has 1 atom stereocenters. The molecule has 5 nitrogen and oxygen atoms in total. The summed E-state index contributed by atoms with van der Waals surface area (Å²) in [4.78, 5) is 11.6. The molecule has 0 aliphatic rings. The van der Waals surface area contributed by atoms with Gasteiger partial charge < -0.3 is 10.6 Å². The Bertz CT molecular complexity index is 630. The van der Waals surface area contributed by atoms with Crippen molar-refractivity contribution in [2.75, 3.05) is 18.6 Å². The lowest BCUT2D eigenvalue weighted by Gasteiger charge is -2.16. The van der Waals surface area contributed by atoms with Gasteiger partial charge in [-0.15, -0.1) is 0 Å². The molecule has 0 bridgehead atoms. The van der Waals surface area contributed by atoms with Crippen molar-refractivity contribution in [3.63, 3.8) is 0 Å². The normalized spacial score (nSPS) is 13.5. The van der Waals surface area contributed by atoms with Crippen molar-refractivity contribution >= 4 is 15.9 Å². The molecule has 0 aliphatic heterocycles. The van der Waals surface area contributed by atoms with Crippen LogP contribution in [-0.4, -0.2) is 33.0 Å². The molecule has 0 aromatic heterocycles. The maximum absolute atomic E-state index is 12.6. The van der Waals surface area contributed by atoms with Gasteiger partial charge >= 0.3 is 12.2 Å². The lowest BCUT2D eigenvalue weighted by molar-refractivity contribution is -0.137. The van der Waals surface area contributed by atoms with Crippen LogP contribution in [0.5, 0.6) is 0 Å². The molecular formula is C13H17F3N2O3S. The molecular weight excluding hydrogens is 321 g/mol. The van der Waals surface area contributed by atoms with E-state index in [0.29, 0.717) is 5.56 Å². The summed E-state index contributed by atoms with van der Waals surface area (Å²) >= 11 is 0. The van der Waals surface area contributed by atoms with E-state index in [1.807, 2.05) is 0 Å². The van der Waals surface area contributed by atoms with E-state index in [2.05, 4.69) is 10.6 Å². The highest BCUT2D eigenvalue weighted by Gasteiger charge is 2.30. The fourth-order valence-electron chi connectivity index (χ4n) is 1.67. The summed E-state index contributed by atoms with van der Waals surface area (Å²) in [6.07, 6.45) is -3.41. The number of halogens is 3. The molecule has 0 radical (unpaired) electrons. The molecule has 2 N–H and O–H groups in total. The Labute approximate surface area is 126 Å². The molecule has 1 aromatic rings. The second-order valence-electron chi connectivity index (χ2n) is 4.88. The van der Waals surface area contributed by atoms with Crippen LogP contribution in [0.1, 0.15) is 24.1 Å². The number of hydrogen-bond donors (Lipinski definition) is 2. The average Bonchev–Trinajstić information content (AvgIpc) is 2.36. The first-order valence-electron chi connectivity index (χ1n) is 6.38. The Morgan fingerprint density at radius 1 is 1.32 bits per heavy atom. The summed E-state index contributed by atoms with van der Waals surface area (Å²) in [5.41, 5.74) is -0.496. The third-order valence-corrected chi connectivity index (χ3v) is 3.77. The number of alkyl halides is 3. The number of hydrogen-bond acceptors (Lipinski definition) is 3. The van der Waals surface area contributed by atoms with Crippen LogP contribution in [0.25, 0.3) is 0 Å². The van der Waals surface area contributed by atoms with Gasteiger partial charge in [-0.2, -0.15) is 13.2 Å². The average molecular weight is 338 g/mol. The fourth-order valence-corrected chi connectivity index (χ4v) is 2.14. The minimum atomic E-state index is -4.45. The van der Waals surface area contributed by atoms with E-state index < -0.39 is 33.6 Å². The zero-order chi connectivity index (χ0) is 17.0. The molecule has 124 valence electrons. The summed E-state index contributed by atoms with van der Waals surface area (Å²) in [7, 11) is -3.19. The molecule has 0 fully saturated rings. The third kappa shape index (κ3) is 6.33. The molecule has 2 amide bonds. The number of urea groups is 1. The van der Waals surface area contributed by atoms with Crippen LogP contribution < -0.4 is 10.6 Å². The summed E-state index contributed by atoms with van der Waals surface area (Å²) in [5, 5.41) is 4.78. The first-order valence-corrected chi connectivity index (χ1v) is 8.44. The summed E-state index contributed by atoms with van der Waals surface area (Å²) in [6.45, 7) is 1.46. The van der Waals surface area contributed by atoms with Crippen molar-refractivity contribution in [3.05, 3.63) is 35.4 Å². The second-order valence-corrected chi connectivity index (χ2v) is 7.13. The fraction of sp³-hybridized carbons (Fsp3) is 0.462. The van der Waals surface area contributed by atoms with Crippen LogP contribution in [0, 0.1) is 0 Å². The molecule has 0 saturated carbocycles. The van der Waals surface area contributed by atoms with Crippen LogP contribution in [0.2, 0.25) is 0 Å². The summed E-state index contributed by atoms with van der Waals surface area (Å²) in [5.74, 6) is -0.210. The summed E-state index contributed by atoms with van der Waals surface area (Å²) < 4.78 is 59.7. The quantitative estimate of drug-likeness (QED) is 0.863. The highest BCUT2D eigenvalue weighted by Crippen LogP contribution is 2.30. The molecule has 1 rings (SSSR count). The SMILES string of the molecule is CC(NC(=O)NCCS(C)(=O)=O)c1cccc(C(F)(F)F)c1. The van der Waals surface area contributed by atoms with Crippen molar-refractivity contribution < 1.29 is 26.4 Å². The van der Waals surface area contributed by atoms with Crippen molar-refractivity contribution in [1.29, 1.82) is 0 Å². The maximum Gasteiger partial charge on any atom is 0.416 e. The lowest BCUT2D eigenvalue weighted by Crippen LogP contribution is -2.39. The van der Waals surface area contributed by atoms with Gasteiger partial charge in [0.05, 0.1) is 17.4 Å². The van der Waals surface area contributed by atoms with Gasteiger partial charge in [-0.3, -0.25) is 0 Å². The van der Waals surface area contributed by atoms with Crippen LogP contribution in [0.15, 0.2) is 24.3 Å². The highest BCUT2D eigenvalue weighted by molar-refractivity contribution is 7.90. The van der Waals surface area contributed by atoms with E-state index in [-0.39, 0.29) is 12.3 Å². The molecule has 0 spiro atoms. The van der Waals surface area contributed by atoms with Crippen LogP contribution in [-0.2, 0) is 16.0 Å². The van der Waals surface area contributed by atoms with E-state index in [0.717, 1.165) is 18.4 Å². The number of benzene rings is 1. The molecule has 1 aromatic carbocycles. The first kappa shape index (κ1) is 18.3.